The molecule has 0 unspecified atom stereocenters. The fraction of sp³-hybridized carbons (Fsp3) is 0.385. The van der Waals surface area contributed by atoms with Crippen molar-refractivity contribution >= 4 is 6.08 Å². The summed E-state index contributed by atoms with van der Waals surface area (Å²) in [6, 6.07) is 0. The van der Waals surface area contributed by atoms with Crippen molar-refractivity contribution in [3.05, 3.63) is 41.7 Å². The van der Waals surface area contributed by atoms with Crippen LogP contribution in [0.15, 0.2) is 24.9 Å². The van der Waals surface area contributed by atoms with Gasteiger partial charge in [-0.25, -0.2) is 0 Å². The number of hydrogen-bond acceptors (Lipinski definition) is 0. The van der Waals surface area contributed by atoms with Crippen LogP contribution >= 0.6 is 0 Å². The highest BCUT2D eigenvalue weighted by Crippen LogP contribution is 2.28. The van der Waals surface area contributed by atoms with E-state index in [4.69, 9.17) is 0 Å². The van der Waals surface area contributed by atoms with E-state index >= 15 is 0 Å². The number of aromatic amines is 1. The summed E-state index contributed by atoms with van der Waals surface area (Å²) in [5.41, 5.74) is 4.05. The van der Waals surface area contributed by atoms with Crippen LogP contribution in [0.1, 0.15) is 37.6 Å². The van der Waals surface area contributed by atoms with Gasteiger partial charge in [0, 0.05) is 11.9 Å². The van der Waals surface area contributed by atoms with Gasteiger partial charge < -0.3 is 4.98 Å². The summed E-state index contributed by atoms with van der Waals surface area (Å²) in [7, 11) is 0. The first-order valence-electron chi connectivity index (χ1n) is 4.94. The van der Waals surface area contributed by atoms with E-state index in [0.29, 0.717) is 0 Å². The molecule has 0 spiro atoms. The molecule has 1 heterocycles. The summed E-state index contributed by atoms with van der Waals surface area (Å²) in [5.74, 6) is 0. The van der Waals surface area contributed by atoms with Crippen molar-refractivity contribution in [3.63, 3.8) is 0 Å². The van der Waals surface area contributed by atoms with Crippen LogP contribution in [0.5, 0.6) is 0 Å². The van der Waals surface area contributed by atoms with E-state index in [0.717, 1.165) is 0 Å². The van der Waals surface area contributed by atoms with Gasteiger partial charge in [0.05, 0.1) is 0 Å². The van der Waals surface area contributed by atoms with Gasteiger partial charge in [0.25, 0.3) is 0 Å². The molecule has 0 atom stereocenters. The first-order chi connectivity index (χ1) is 6.46. The van der Waals surface area contributed by atoms with Gasteiger partial charge in [0.15, 0.2) is 0 Å². The van der Waals surface area contributed by atoms with Gasteiger partial charge in [-0.15, -0.1) is 0 Å². The standard InChI is InChI=1S/C13H19N/c1-6-7-8-11-10(2)14-9-12(11)13(3,4)5/h6-9,14H,1H2,2-5H3/b8-7-. The molecule has 0 aliphatic heterocycles. The lowest BCUT2D eigenvalue weighted by atomic mass is 9.85. The van der Waals surface area contributed by atoms with Crippen molar-refractivity contribution in [2.75, 3.05) is 0 Å². The molecular formula is C13H19N. The summed E-state index contributed by atoms with van der Waals surface area (Å²) in [5, 5.41) is 0. The second kappa shape index (κ2) is 3.87. The maximum absolute atomic E-state index is 3.68. The molecule has 1 N–H and O–H groups in total. The first kappa shape index (κ1) is 10.8. The van der Waals surface area contributed by atoms with Gasteiger partial charge in [-0.3, -0.25) is 0 Å². The Morgan fingerprint density at radius 3 is 2.50 bits per heavy atom. The second-order valence-electron chi connectivity index (χ2n) is 4.59. The van der Waals surface area contributed by atoms with Crippen LogP contribution in [0.3, 0.4) is 0 Å². The smallest absolute Gasteiger partial charge is 0.0192 e. The van der Waals surface area contributed by atoms with Gasteiger partial charge in [-0.1, -0.05) is 45.6 Å². The number of rotatable bonds is 2. The van der Waals surface area contributed by atoms with E-state index < -0.39 is 0 Å². The van der Waals surface area contributed by atoms with Gasteiger partial charge in [-0.05, 0) is 23.5 Å². The number of aromatic nitrogens is 1. The van der Waals surface area contributed by atoms with E-state index in [1.165, 1.54) is 16.8 Å². The van der Waals surface area contributed by atoms with Gasteiger partial charge >= 0.3 is 0 Å². The average Bonchev–Trinajstić information content (AvgIpc) is 2.42. The van der Waals surface area contributed by atoms with Crippen molar-refractivity contribution in [1.29, 1.82) is 0 Å². The molecule has 14 heavy (non-hydrogen) atoms. The highest BCUT2D eigenvalue weighted by molar-refractivity contribution is 5.59. The number of H-pyrrole nitrogens is 1. The average molecular weight is 189 g/mol. The van der Waals surface area contributed by atoms with Crippen molar-refractivity contribution in [1.82, 2.24) is 4.98 Å². The van der Waals surface area contributed by atoms with E-state index in [-0.39, 0.29) is 5.41 Å². The molecule has 1 aromatic heterocycles. The maximum atomic E-state index is 3.68. The van der Waals surface area contributed by atoms with Crippen molar-refractivity contribution in [2.45, 2.75) is 33.1 Å². The Kier molecular flexibility index (Phi) is 3.00. The van der Waals surface area contributed by atoms with Gasteiger partial charge in [0.2, 0.25) is 0 Å². The Morgan fingerprint density at radius 1 is 1.36 bits per heavy atom. The third-order valence-electron chi connectivity index (χ3n) is 2.33. The number of allylic oxidation sites excluding steroid dienone is 2. The second-order valence-corrected chi connectivity index (χ2v) is 4.59. The number of aryl methyl sites for hydroxylation is 1. The molecule has 1 rings (SSSR count). The molecule has 0 fully saturated rings. The minimum atomic E-state index is 0.186. The molecule has 1 heteroatoms. The molecule has 0 aliphatic carbocycles. The van der Waals surface area contributed by atoms with Crippen LogP contribution in [-0.2, 0) is 5.41 Å². The van der Waals surface area contributed by atoms with Crippen molar-refractivity contribution < 1.29 is 0 Å². The minimum Gasteiger partial charge on any atom is -0.364 e. The largest absolute Gasteiger partial charge is 0.364 e. The van der Waals surface area contributed by atoms with Crippen LogP contribution < -0.4 is 0 Å². The molecule has 76 valence electrons. The maximum Gasteiger partial charge on any atom is 0.0192 e. The summed E-state index contributed by atoms with van der Waals surface area (Å²) in [6.45, 7) is 12.4. The fourth-order valence-corrected chi connectivity index (χ4v) is 1.54. The zero-order valence-electron chi connectivity index (χ0n) is 9.52. The zero-order chi connectivity index (χ0) is 10.8. The molecule has 0 saturated carbocycles. The number of nitrogens with one attached hydrogen (secondary N) is 1. The van der Waals surface area contributed by atoms with E-state index in [9.17, 15) is 0 Å². The molecule has 1 nitrogen and oxygen atoms in total. The Hall–Kier alpha value is -1.24. The minimum absolute atomic E-state index is 0.186. The van der Waals surface area contributed by atoms with Gasteiger partial charge in [-0.2, -0.15) is 0 Å². The van der Waals surface area contributed by atoms with Crippen LogP contribution in [0.25, 0.3) is 6.08 Å². The molecule has 1 aromatic rings. The molecule has 0 aliphatic rings. The summed E-state index contributed by atoms with van der Waals surface area (Å²) in [4.78, 5) is 3.27. The molecule has 0 amide bonds. The zero-order valence-corrected chi connectivity index (χ0v) is 9.52. The first-order valence-corrected chi connectivity index (χ1v) is 4.94. The highest BCUT2D eigenvalue weighted by Gasteiger charge is 2.18. The summed E-state index contributed by atoms with van der Waals surface area (Å²) >= 11 is 0. The van der Waals surface area contributed by atoms with E-state index in [1.54, 1.807) is 6.08 Å². The predicted molar refractivity (Wildman–Crippen MR) is 63.5 cm³/mol. The Labute approximate surface area is 86.5 Å². The third kappa shape index (κ3) is 2.16. The SMILES string of the molecule is C=C/C=C\c1c(C(C)(C)C)c[nH]c1C. The third-order valence-corrected chi connectivity index (χ3v) is 2.33. The van der Waals surface area contributed by atoms with E-state index in [1.807, 2.05) is 6.08 Å². The van der Waals surface area contributed by atoms with Crippen LogP contribution in [0.2, 0.25) is 0 Å². The lowest BCUT2D eigenvalue weighted by Gasteiger charge is -2.18. The molecule has 0 bridgehead atoms. The molecular weight excluding hydrogens is 170 g/mol. The monoisotopic (exact) mass is 189 g/mol. The lowest BCUT2D eigenvalue weighted by Crippen LogP contribution is -2.11. The molecule has 0 radical (unpaired) electrons. The Morgan fingerprint density at radius 2 is 2.00 bits per heavy atom. The summed E-state index contributed by atoms with van der Waals surface area (Å²) < 4.78 is 0. The van der Waals surface area contributed by atoms with Crippen LogP contribution in [-0.4, -0.2) is 4.98 Å². The van der Waals surface area contributed by atoms with E-state index in [2.05, 4.69) is 51.5 Å². The molecule has 0 saturated heterocycles. The Bertz CT molecular complexity index is 348. The quantitative estimate of drug-likeness (QED) is 0.681. The lowest BCUT2D eigenvalue weighted by molar-refractivity contribution is 0.590. The summed E-state index contributed by atoms with van der Waals surface area (Å²) in [6.07, 6.45) is 7.99. The van der Waals surface area contributed by atoms with Crippen LogP contribution in [0.4, 0.5) is 0 Å². The fourth-order valence-electron chi connectivity index (χ4n) is 1.54. The highest BCUT2D eigenvalue weighted by atomic mass is 14.7. The topological polar surface area (TPSA) is 15.8 Å². The Balaban J connectivity index is 3.19. The van der Waals surface area contributed by atoms with Crippen molar-refractivity contribution in [2.24, 2.45) is 0 Å². The molecule has 0 aromatic carbocycles. The van der Waals surface area contributed by atoms with Gasteiger partial charge in [0.1, 0.15) is 0 Å². The predicted octanol–water partition coefficient (Wildman–Crippen LogP) is 3.82. The normalized spacial score (nSPS) is 12.3. The number of hydrogen-bond donors (Lipinski definition) is 1. The van der Waals surface area contributed by atoms with Crippen molar-refractivity contribution in [3.8, 4) is 0 Å². The van der Waals surface area contributed by atoms with Crippen LogP contribution in [0, 0.1) is 6.92 Å².